The molecule has 4 rings (SSSR count). The third kappa shape index (κ3) is 2.80. The first kappa shape index (κ1) is 15.3. The van der Waals surface area contributed by atoms with Crippen molar-refractivity contribution in [2.75, 3.05) is 0 Å². The molecular formula is C22H14Cl2. The van der Waals surface area contributed by atoms with Crippen molar-refractivity contribution in [2.24, 2.45) is 0 Å². The van der Waals surface area contributed by atoms with Crippen molar-refractivity contribution in [1.82, 2.24) is 0 Å². The monoisotopic (exact) mass is 348 g/mol. The molecule has 0 saturated carbocycles. The van der Waals surface area contributed by atoms with Crippen LogP contribution in [0.2, 0.25) is 10.0 Å². The van der Waals surface area contributed by atoms with Crippen LogP contribution >= 0.6 is 23.2 Å². The highest BCUT2D eigenvalue weighted by atomic mass is 35.5. The molecule has 0 fully saturated rings. The molecule has 24 heavy (non-hydrogen) atoms. The summed E-state index contributed by atoms with van der Waals surface area (Å²) in [6, 6.07) is 29.1. The van der Waals surface area contributed by atoms with Crippen LogP contribution in [0.25, 0.3) is 33.0 Å². The maximum atomic E-state index is 6.21. The maximum Gasteiger partial charge on any atom is 0.0598 e. The van der Waals surface area contributed by atoms with Gasteiger partial charge in [-0.05, 0) is 57.3 Å². The van der Waals surface area contributed by atoms with Crippen LogP contribution in [0.1, 0.15) is 0 Å². The van der Waals surface area contributed by atoms with Crippen molar-refractivity contribution >= 4 is 34.0 Å². The third-order valence-corrected chi connectivity index (χ3v) is 4.91. The number of hydrogen-bond acceptors (Lipinski definition) is 0. The summed E-state index contributed by atoms with van der Waals surface area (Å²) >= 11 is 12.4. The number of rotatable bonds is 2. The van der Waals surface area contributed by atoms with Crippen LogP contribution in [0.3, 0.4) is 0 Å². The molecule has 0 aliphatic heterocycles. The molecule has 0 aliphatic carbocycles. The lowest BCUT2D eigenvalue weighted by molar-refractivity contribution is 1.60. The molecule has 0 saturated heterocycles. The normalized spacial score (nSPS) is 10.9. The van der Waals surface area contributed by atoms with Gasteiger partial charge in [0.15, 0.2) is 0 Å². The van der Waals surface area contributed by atoms with E-state index in [2.05, 4.69) is 60.7 Å². The number of hydrogen-bond donors (Lipinski definition) is 0. The Bertz CT molecular complexity index is 922. The fourth-order valence-electron chi connectivity index (χ4n) is 3.01. The number of fused-ring (bicyclic) bond motifs is 1. The average Bonchev–Trinajstić information content (AvgIpc) is 2.63. The molecule has 0 spiro atoms. The molecule has 0 atom stereocenters. The van der Waals surface area contributed by atoms with Crippen LogP contribution < -0.4 is 0 Å². The minimum absolute atomic E-state index is 0.579. The smallest absolute Gasteiger partial charge is 0.0598 e. The van der Waals surface area contributed by atoms with E-state index < -0.39 is 0 Å². The molecule has 0 unspecified atom stereocenters. The third-order valence-electron chi connectivity index (χ3n) is 4.19. The summed E-state index contributed by atoms with van der Waals surface area (Å²) in [6.45, 7) is 0. The molecule has 4 aromatic carbocycles. The molecule has 0 radical (unpaired) electrons. The van der Waals surface area contributed by atoms with Crippen molar-refractivity contribution < 1.29 is 0 Å². The Morgan fingerprint density at radius 1 is 0.458 bits per heavy atom. The van der Waals surface area contributed by atoms with Crippen molar-refractivity contribution in [3.63, 3.8) is 0 Å². The van der Waals surface area contributed by atoms with Gasteiger partial charge in [-0.25, -0.2) is 0 Å². The largest absolute Gasteiger partial charge is 0.0827 e. The molecule has 0 aromatic heterocycles. The van der Waals surface area contributed by atoms with E-state index in [1.165, 1.54) is 22.3 Å². The number of benzene rings is 4. The average molecular weight is 349 g/mol. The van der Waals surface area contributed by atoms with E-state index in [0.717, 1.165) is 10.8 Å². The van der Waals surface area contributed by atoms with Crippen LogP contribution in [-0.2, 0) is 0 Å². The van der Waals surface area contributed by atoms with Crippen LogP contribution in [-0.4, -0.2) is 0 Å². The van der Waals surface area contributed by atoms with Crippen LogP contribution in [0.4, 0.5) is 0 Å². The predicted molar refractivity (Wildman–Crippen MR) is 105 cm³/mol. The van der Waals surface area contributed by atoms with Crippen LogP contribution in [0.15, 0.2) is 84.9 Å². The Morgan fingerprint density at radius 2 is 0.833 bits per heavy atom. The Hall–Kier alpha value is -2.28. The lowest BCUT2D eigenvalue weighted by Crippen LogP contribution is -1.87. The van der Waals surface area contributed by atoms with Gasteiger partial charge in [-0.1, -0.05) is 83.9 Å². The fraction of sp³-hybridized carbons (Fsp3) is 0. The highest BCUT2D eigenvalue weighted by molar-refractivity contribution is 6.42. The molecule has 0 N–H and O–H groups in total. The molecule has 0 aliphatic rings. The maximum absolute atomic E-state index is 6.21. The second kappa shape index (κ2) is 6.32. The zero-order chi connectivity index (χ0) is 16.5. The van der Waals surface area contributed by atoms with Crippen LogP contribution in [0, 0.1) is 0 Å². The standard InChI is InChI=1S/C22H14Cl2/c23-21-13-17-11-19(15-7-3-1-4-8-15)20(12-18(17)14-22(21)24)16-9-5-2-6-10-16/h1-14H. The Labute approximate surface area is 151 Å². The van der Waals surface area contributed by atoms with Crippen LogP contribution in [0.5, 0.6) is 0 Å². The first-order valence-corrected chi connectivity index (χ1v) is 8.51. The van der Waals surface area contributed by atoms with Gasteiger partial charge in [-0.3, -0.25) is 0 Å². The van der Waals surface area contributed by atoms with E-state index in [4.69, 9.17) is 23.2 Å². The fourth-order valence-corrected chi connectivity index (χ4v) is 3.35. The van der Waals surface area contributed by atoms with Crippen molar-refractivity contribution in [2.45, 2.75) is 0 Å². The molecule has 0 nitrogen and oxygen atoms in total. The van der Waals surface area contributed by atoms with E-state index in [1.54, 1.807) is 0 Å². The minimum Gasteiger partial charge on any atom is -0.0827 e. The molecular weight excluding hydrogens is 335 g/mol. The summed E-state index contributed by atoms with van der Waals surface area (Å²) in [5.41, 5.74) is 4.74. The zero-order valence-corrected chi connectivity index (χ0v) is 14.4. The van der Waals surface area contributed by atoms with E-state index in [-0.39, 0.29) is 0 Å². The summed E-state index contributed by atoms with van der Waals surface area (Å²) in [5.74, 6) is 0. The second-order valence-corrected chi connectivity index (χ2v) is 6.56. The van der Waals surface area contributed by atoms with Gasteiger partial charge in [0.2, 0.25) is 0 Å². The lowest BCUT2D eigenvalue weighted by Gasteiger charge is -2.13. The van der Waals surface area contributed by atoms with Gasteiger partial charge < -0.3 is 0 Å². The van der Waals surface area contributed by atoms with E-state index in [9.17, 15) is 0 Å². The van der Waals surface area contributed by atoms with E-state index in [0.29, 0.717) is 10.0 Å². The summed E-state index contributed by atoms with van der Waals surface area (Å²) in [7, 11) is 0. The van der Waals surface area contributed by atoms with Gasteiger partial charge in [0.1, 0.15) is 0 Å². The van der Waals surface area contributed by atoms with Crippen molar-refractivity contribution in [1.29, 1.82) is 0 Å². The molecule has 4 aromatic rings. The van der Waals surface area contributed by atoms with Gasteiger partial charge in [-0.2, -0.15) is 0 Å². The SMILES string of the molecule is Clc1cc2cc(-c3ccccc3)c(-c3ccccc3)cc2cc1Cl. The van der Waals surface area contributed by atoms with E-state index >= 15 is 0 Å². The summed E-state index contributed by atoms with van der Waals surface area (Å²) in [5, 5.41) is 3.33. The molecule has 0 heterocycles. The summed E-state index contributed by atoms with van der Waals surface area (Å²) in [4.78, 5) is 0. The zero-order valence-electron chi connectivity index (χ0n) is 12.8. The van der Waals surface area contributed by atoms with Gasteiger partial charge in [-0.15, -0.1) is 0 Å². The first-order chi connectivity index (χ1) is 11.7. The first-order valence-electron chi connectivity index (χ1n) is 7.76. The molecule has 116 valence electrons. The van der Waals surface area contributed by atoms with Gasteiger partial charge in [0.25, 0.3) is 0 Å². The quantitative estimate of drug-likeness (QED) is 0.352. The van der Waals surface area contributed by atoms with Gasteiger partial charge in [0.05, 0.1) is 10.0 Å². The summed E-state index contributed by atoms with van der Waals surface area (Å²) < 4.78 is 0. The Kier molecular flexibility index (Phi) is 4.02. The Balaban J connectivity index is 2.06. The lowest BCUT2D eigenvalue weighted by atomic mass is 9.91. The molecule has 2 heteroatoms. The Morgan fingerprint density at radius 3 is 1.21 bits per heavy atom. The van der Waals surface area contributed by atoms with Crippen molar-refractivity contribution in [3.8, 4) is 22.3 Å². The van der Waals surface area contributed by atoms with Crippen molar-refractivity contribution in [3.05, 3.63) is 95.0 Å². The van der Waals surface area contributed by atoms with Gasteiger partial charge in [0, 0.05) is 0 Å². The highest BCUT2D eigenvalue weighted by Crippen LogP contribution is 2.37. The topological polar surface area (TPSA) is 0 Å². The number of halogens is 2. The predicted octanol–water partition coefficient (Wildman–Crippen LogP) is 7.48. The molecule has 0 bridgehead atoms. The minimum atomic E-state index is 0.579. The highest BCUT2D eigenvalue weighted by Gasteiger charge is 2.11. The van der Waals surface area contributed by atoms with Gasteiger partial charge >= 0.3 is 0 Å². The summed E-state index contributed by atoms with van der Waals surface area (Å²) in [6.07, 6.45) is 0. The second-order valence-electron chi connectivity index (χ2n) is 5.74. The molecule has 0 amide bonds. The van der Waals surface area contributed by atoms with E-state index in [1.807, 2.05) is 24.3 Å².